The van der Waals surface area contributed by atoms with Crippen LogP contribution in [0.2, 0.25) is 0 Å². The van der Waals surface area contributed by atoms with E-state index < -0.39 is 0 Å². The Hall–Kier alpha value is -2.16. The highest BCUT2D eigenvalue weighted by Crippen LogP contribution is 2.40. The molecule has 0 unspecified atom stereocenters. The minimum atomic E-state index is 0. The molecule has 0 saturated heterocycles. The predicted molar refractivity (Wildman–Crippen MR) is 128 cm³/mol. The molecule has 154 valence electrons. The van der Waals surface area contributed by atoms with Crippen molar-refractivity contribution < 1.29 is 0 Å². The highest BCUT2D eigenvalue weighted by molar-refractivity contribution is 14.0. The van der Waals surface area contributed by atoms with Crippen LogP contribution in [-0.2, 0) is 12.0 Å². The van der Waals surface area contributed by atoms with Gasteiger partial charge in [0, 0.05) is 25.2 Å². The van der Waals surface area contributed by atoms with Crippen LogP contribution in [0.4, 0.5) is 0 Å². The first-order chi connectivity index (χ1) is 13.7. The summed E-state index contributed by atoms with van der Waals surface area (Å²) >= 11 is 0. The fourth-order valence-corrected chi connectivity index (χ4v) is 4.24. The molecule has 6 nitrogen and oxygen atoms in total. The van der Waals surface area contributed by atoms with Gasteiger partial charge < -0.3 is 10.6 Å². The molecule has 7 heteroatoms. The lowest BCUT2D eigenvalue weighted by atomic mass is 9.78. The molecule has 0 spiro atoms. The van der Waals surface area contributed by atoms with Gasteiger partial charge in [0.15, 0.2) is 17.4 Å². The van der Waals surface area contributed by atoms with Gasteiger partial charge >= 0.3 is 0 Å². The van der Waals surface area contributed by atoms with E-state index in [-0.39, 0.29) is 29.4 Å². The van der Waals surface area contributed by atoms with Crippen LogP contribution in [0.15, 0.2) is 53.7 Å². The third-order valence-electron chi connectivity index (χ3n) is 5.81. The summed E-state index contributed by atoms with van der Waals surface area (Å²) in [6.45, 7) is 3.63. The summed E-state index contributed by atoms with van der Waals surface area (Å²) in [5, 5.41) is 15.4. The number of aromatic nitrogens is 3. The molecule has 4 rings (SSSR count). The van der Waals surface area contributed by atoms with Crippen LogP contribution in [-0.4, -0.2) is 34.2 Å². The van der Waals surface area contributed by atoms with Gasteiger partial charge in [-0.3, -0.25) is 9.39 Å². The average molecular weight is 504 g/mol. The number of hydrogen-bond donors (Lipinski definition) is 2. The first kappa shape index (κ1) is 21.5. The SMILES string of the molecule is CN=C(NCc1nnc2ccccn12)NCC1(c2cccc(C)c2)CCCC1.I. The van der Waals surface area contributed by atoms with Crippen molar-refractivity contribution in [2.24, 2.45) is 4.99 Å². The zero-order valence-corrected chi connectivity index (χ0v) is 19.4. The third-order valence-corrected chi connectivity index (χ3v) is 5.81. The van der Waals surface area contributed by atoms with Gasteiger partial charge in [0.05, 0.1) is 6.54 Å². The fraction of sp³-hybridized carbons (Fsp3) is 0.409. The lowest BCUT2D eigenvalue weighted by Gasteiger charge is -2.31. The van der Waals surface area contributed by atoms with E-state index >= 15 is 0 Å². The van der Waals surface area contributed by atoms with Crippen LogP contribution in [0.5, 0.6) is 0 Å². The zero-order valence-electron chi connectivity index (χ0n) is 17.1. The van der Waals surface area contributed by atoms with Crippen molar-refractivity contribution in [3.8, 4) is 0 Å². The maximum Gasteiger partial charge on any atom is 0.191 e. The Morgan fingerprint density at radius 1 is 1.10 bits per heavy atom. The summed E-state index contributed by atoms with van der Waals surface area (Å²) in [6, 6.07) is 14.9. The lowest BCUT2D eigenvalue weighted by Crippen LogP contribution is -2.44. The number of hydrogen-bond acceptors (Lipinski definition) is 3. The molecule has 2 N–H and O–H groups in total. The number of guanidine groups is 1. The average Bonchev–Trinajstić information content (AvgIpc) is 3.36. The molecular weight excluding hydrogens is 475 g/mol. The van der Waals surface area contributed by atoms with Crippen molar-refractivity contribution in [2.75, 3.05) is 13.6 Å². The molecule has 0 atom stereocenters. The molecule has 2 aromatic heterocycles. The highest BCUT2D eigenvalue weighted by atomic mass is 127. The molecule has 0 amide bonds. The largest absolute Gasteiger partial charge is 0.356 e. The van der Waals surface area contributed by atoms with E-state index in [9.17, 15) is 0 Å². The first-order valence-electron chi connectivity index (χ1n) is 10.0. The molecule has 3 aromatic rings. The van der Waals surface area contributed by atoms with Gasteiger partial charge in [0.25, 0.3) is 0 Å². The number of rotatable bonds is 5. The van der Waals surface area contributed by atoms with Gasteiger partial charge in [0.2, 0.25) is 0 Å². The Labute approximate surface area is 189 Å². The molecular formula is C22H29IN6. The van der Waals surface area contributed by atoms with Crippen molar-refractivity contribution >= 4 is 35.6 Å². The second-order valence-electron chi connectivity index (χ2n) is 7.68. The van der Waals surface area contributed by atoms with Gasteiger partial charge in [-0.15, -0.1) is 34.2 Å². The van der Waals surface area contributed by atoms with E-state index in [0.29, 0.717) is 6.54 Å². The molecule has 1 aliphatic rings. The number of nitrogens with one attached hydrogen (secondary N) is 2. The predicted octanol–water partition coefficient (Wildman–Crippen LogP) is 3.83. The topological polar surface area (TPSA) is 66.6 Å². The summed E-state index contributed by atoms with van der Waals surface area (Å²) < 4.78 is 1.99. The van der Waals surface area contributed by atoms with E-state index in [1.807, 2.05) is 35.8 Å². The maximum atomic E-state index is 4.41. The van der Waals surface area contributed by atoms with Crippen LogP contribution in [0.3, 0.4) is 0 Å². The monoisotopic (exact) mass is 504 g/mol. The van der Waals surface area contributed by atoms with E-state index in [4.69, 9.17) is 0 Å². The Morgan fingerprint density at radius 2 is 1.93 bits per heavy atom. The quantitative estimate of drug-likeness (QED) is 0.315. The summed E-state index contributed by atoms with van der Waals surface area (Å²) in [4.78, 5) is 4.41. The smallest absolute Gasteiger partial charge is 0.191 e. The molecule has 0 aliphatic heterocycles. The van der Waals surface area contributed by atoms with E-state index in [2.05, 4.69) is 57.0 Å². The minimum absolute atomic E-state index is 0. The van der Waals surface area contributed by atoms with E-state index in [1.54, 1.807) is 0 Å². The number of pyridine rings is 1. The minimum Gasteiger partial charge on any atom is -0.356 e. The van der Waals surface area contributed by atoms with Crippen LogP contribution in [0.25, 0.3) is 5.65 Å². The van der Waals surface area contributed by atoms with Gasteiger partial charge in [-0.2, -0.15) is 0 Å². The summed E-state index contributed by atoms with van der Waals surface area (Å²) in [6.07, 6.45) is 6.99. The van der Waals surface area contributed by atoms with E-state index in [1.165, 1.54) is 36.8 Å². The number of fused-ring (bicyclic) bond motifs is 1. The molecule has 2 heterocycles. The molecule has 0 bridgehead atoms. The molecule has 1 aromatic carbocycles. The lowest BCUT2D eigenvalue weighted by molar-refractivity contribution is 0.431. The number of aliphatic imine (C=N–C) groups is 1. The normalized spacial score (nSPS) is 15.9. The Balaban J connectivity index is 0.00000240. The maximum absolute atomic E-state index is 4.41. The summed E-state index contributed by atoms with van der Waals surface area (Å²) in [5.74, 6) is 1.67. The van der Waals surface area contributed by atoms with Crippen molar-refractivity contribution in [3.05, 3.63) is 65.6 Å². The molecule has 0 radical (unpaired) electrons. The second-order valence-corrected chi connectivity index (χ2v) is 7.68. The van der Waals surface area contributed by atoms with Crippen molar-refractivity contribution in [1.29, 1.82) is 0 Å². The van der Waals surface area contributed by atoms with Gasteiger partial charge in [0.1, 0.15) is 0 Å². The molecule has 1 saturated carbocycles. The van der Waals surface area contributed by atoms with Crippen LogP contribution < -0.4 is 10.6 Å². The number of aryl methyl sites for hydroxylation is 1. The fourth-order valence-electron chi connectivity index (χ4n) is 4.24. The first-order valence-corrected chi connectivity index (χ1v) is 10.0. The molecule has 1 aliphatic carbocycles. The molecule has 1 fully saturated rings. The Bertz CT molecular complexity index is 974. The summed E-state index contributed by atoms with van der Waals surface area (Å²) in [5.41, 5.74) is 3.80. The van der Waals surface area contributed by atoms with Gasteiger partial charge in [-0.05, 0) is 37.5 Å². The van der Waals surface area contributed by atoms with Crippen molar-refractivity contribution in [1.82, 2.24) is 25.2 Å². The Kier molecular flexibility index (Phi) is 7.10. The third kappa shape index (κ3) is 4.71. The van der Waals surface area contributed by atoms with Gasteiger partial charge in [-0.1, -0.05) is 48.7 Å². The van der Waals surface area contributed by atoms with E-state index in [0.717, 1.165) is 24.0 Å². The van der Waals surface area contributed by atoms with Crippen molar-refractivity contribution in [3.63, 3.8) is 0 Å². The number of halogens is 1. The van der Waals surface area contributed by atoms with Crippen LogP contribution >= 0.6 is 24.0 Å². The highest BCUT2D eigenvalue weighted by Gasteiger charge is 2.35. The standard InChI is InChI=1S/C22H28N6.HI/c1-17-8-7-9-18(14-17)22(11-4-5-12-22)16-25-21(23-2)24-15-20-27-26-19-10-3-6-13-28(19)20;/h3,6-10,13-14H,4-5,11-12,15-16H2,1-2H3,(H2,23,24,25);1H. The van der Waals surface area contributed by atoms with Crippen molar-refractivity contribution in [2.45, 2.75) is 44.6 Å². The Morgan fingerprint density at radius 3 is 2.69 bits per heavy atom. The summed E-state index contributed by atoms with van der Waals surface area (Å²) in [7, 11) is 1.81. The zero-order chi connectivity index (χ0) is 19.4. The second kappa shape index (κ2) is 9.56. The van der Waals surface area contributed by atoms with Gasteiger partial charge in [-0.25, -0.2) is 0 Å². The van der Waals surface area contributed by atoms with Crippen LogP contribution in [0, 0.1) is 6.92 Å². The van der Waals surface area contributed by atoms with Crippen LogP contribution in [0.1, 0.15) is 42.6 Å². The number of nitrogens with zero attached hydrogens (tertiary/aromatic N) is 4. The molecule has 29 heavy (non-hydrogen) atoms. The number of benzene rings is 1.